The first-order valence-corrected chi connectivity index (χ1v) is 6.97. The number of rotatable bonds is 4. The number of hydrogen-bond donors (Lipinski definition) is 1. The molecule has 1 saturated heterocycles. The van der Waals surface area contributed by atoms with Gasteiger partial charge >= 0.3 is 0 Å². The van der Waals surface area contributed by atoms with Crippen molar-refractivity contribution in [2.75, 3.05) is 12.4 Å². The normalized spacial score (nSPS) is 20.5. The van der Waals surface area contributed by atoms with E-state index < -0.39 is 0 Å². The third-order valence-corrected chi connectivity index (χ3v) is 4.77. The fourth-order valence-electron chi connectivity index (χ4n) is 1.34. The number of thiol groups is 1. The summed E-state index contributed by atoms with van der Waals surface area (Å²) in [5.41, 5.74) is 0. The maximum atomic E-state index is 5.70. The zero-order valence-corrected chi connectivity index (χ0v) is 8.91. The van der Waals surface area contributed by atoms with E-state index in [1.165, 1.54) is 37.8 Å². The maximum Gasteiger partial charge on any atom is 0.211 e. The van der Waals surface area contributed by atoms with E-state index in [2.05, 4.69) is 12.6 Å². The van der Waals surface area contributed by atoms with Crippen LogP contribution in [0.5, 0.6) is 0 Å². The summed E-state index contributed by atoms with van der Waals surface area (Å²) in [4.78, 5) is 0. The lowest BCUT2D eigenvalue weighted by atomic mass is 10.4. The molecular formula is C8H17OSSi. The minimum atomic E-state index is -0.354. The summed E-state index contributed by atoms with van der Waals surface area (Å²) in [6, 6.07) is 2.74. The maximum absolute atomic E-state index is 5.70. The Morgan fingerprint density at radius 1 is 1.27 bits per heavy atom. The van der Waals surface area contributed by atoms with E-state index in [9.17, 15) is 0 Å². The highest BCUT2D eigenvalue weighted by Gasteiger charge is 2.15. The van der Waals surface area contributed by atoms with Crippen LogP contribution in [0.2, 0.25) is 12.1 Å². The van der Waals surface area contributed by atoms with Crippen molar-refractivity contribution in [1.82, 2.24) is 0 Å². The molecule has 1 aliphatic heterocycles. The largest absolute Gasteiger partial charge is 0.417 e. The first-order chi connectivity index (χ1) is 5.43. The topological polar surface area (TPSA) is 9.23 Å². The van der Waals surface area contributed by atoms with Gasteiger partial charge in [0.05, 0.1) is 0 Å². The van der Waals surface area contributed by atoms with Gasteiger partial charge in [0.25, 0.3) is 0 Å². The Balaban J connectivity index is 1.96. The van der Waals surface area contributed by atoms with Crippen LogP contribution in [-0.4, -0.2) is 21.4 Å². The van der Waals surface area contributed by atoms with Gasteiger partial charge in [-0.3, -0.25) is 0 Å². The van der Waals surface area contributed by atoms with Crippen LogP contribution in [0.1, 0.15) is 25.7 Å². The predicted molar refractivity (Wildman–Crippen MR) is 53.6 cm³/mol. The Hall–Kier alpha value is 0.527. The van der Waals surface area contributed by atoms with Gasteiger partial charge in [0.1, 0.15) is 0 Å². The van der Waals surface area contributed by atoms with Gasteiger partial charge in [-0.2, -0.15) is 12.6 Å². The van der Waals surface area contributed by atoms with Gasteiger partial charge in [-0.05, 0) is 30.7 Å². The van der Waals surface area contributed by atoms with Crippen LogP contribution in [-0.2, 0) is 4.43 Å². The van der Waals surface area contributed by atoms with Crippen molar-refractivity contribution < 1.29 is 4.43 Å². The van der Waals surface area contributed by atoms with Gasteiger partial charge in [0.2, 0.25) is 9.04 Å². The second kappa shape index (κ2) is 6.09. The molecule has 65 valence electrons. The molecule has 0 spiro atoms. The Morgan fingerprint density at radius 2 is 2.18 bits per heavy atom. The zero-order valence-electron chi connectivity index (χ0n) is 7.01. The fraction of sp³-hybridized carbons (Fsp3) is 1.00. The Labute approximate surface area is 76.7 Å². The molecule has 0 aromatic carbocycles. The third-order valence-electron chi connectivity index (χ3n) is 2.02. The highest BCUT2D eigenvalue weighted by Crippen LogP contribution is 2.16. The predicted octanol–water partition coefficient (Wildman–Crippen LogP) is 2.50. The van der Waals surface area contributed by atoms with Crippen LogP contribution in [0.15, 0.2) is 0 Å². The lowest BCUT2D eigenvalue weighted by Gasteiger charge is -2.19. The average Bonchev–Trinajstić information content (AvgIpc) is 2.07. The van der Waals surface area contributed by atoms with E-state index in [0.29, 0.717) is 0 Å². The molecule has 0 saturated carbocycles. The van der Waals surface area contributed by atoms with Crippen molar-refractivity contribution in [1.29, 1.82) is 0 Å². The summed E-state index contributed by atoms with van der Waals surface area (Å²) in [7, 11) is -0.354. The smallest absolute Gasteiger partial charge is 0.211 e. The minimum Gasteiger partial charge on any atom is -0.417 e. The average molecular weight is 189 g/mol. The second-order valence-electron chi connectivity index (χ2n) is 3.02. The van der Waals surface area contributed by atoms with Crippen LogP contribution < -0.4 is 0 Å². The summed E-state index contributed by atoms with van der Waals surface area (Å²) in [6.45, 7) is 1.04. The molecule has 1 nitrogen and oxygen atoms in total. The summed E-state index contributed by atoms with van der Waals surface area (Å²) >= 11 is 4.19. The molecule has 0 aromatic rings. The first kappa shape index (κ1) is 9.61. The van der Waals surface area contributed by atoms with Gasteiger partial charge in [-0.15, -0.1) is 0 Å². The third kappa shape index (κ3) is 4.18. The molecule has 1 rings (SSSR count). The van der Waals surface area contributed by atoms with Gasteiger partial charge in [0, 0.05) is 6.61 Å². The van der Waals surface area contributed by atoms with Gasteiger partial charge in [0.15, 0.2) is 0 Å². The first-order valence-electron chi connectivity index (χ1n) is 4.52. The van der Waals surface area contributed by atoms with E-state index in [4.69, 9.17) is 4.43 Å². The molecule has 1 radical (unpaired) electrons. The van der Waals surface area contributed by atoms with Crippen LogP contribution in [0.3, 0.4) is 0 Å². The van der Waals surface area contributed by atoms with Crippen LogP contribution in [0, 0.1) is 0 Å². The summed E-state index contributed by atoms with van der Waals surface area (Å²) in [6.07, 6.45) is 5.30. The van der Waals surface area contributed by atoms with Crippen LogP contribution in [0.4, 0.5) is 0 Å². The number of unbranched alkanes of at least 4 members (excludes halogenated alkanes) is 1. The lowest BCUT2D eigenvalue weighted by Crippen LogP contribution is -2.22. The molecule has 1 heterocycles. The minimum absolute atomic E-state index is 0.354. The molecule has 11 heavy (non-hydrogen) atoms. The van der Waals surface area contributed by atoms with Crippen molar-refractivity contribution in [3.05, 3.63) is 0 Å². The second-order valence-corrected chi connectivity index (χ2v) is 5.84. The van der Waals surface area contributed by atoms with Crippen molar-refractivity contribution in [2.45, 2.75) is 37.8 Å². The van der Waals surface area contributed by atoms with E-state index in [1.807, 2.05) is 0 Å². The molecule has 0 N–H and O–H groups in total. The van der Waals surface area contributed by atoms with Gasteiger partial charge in [-0.25, -0.2) is 0 Å². The SMILES string of the molecule is SCCCC[Si]1CCCCO1. The summed E-state index contributed by atoms with van der Waals surface area (Å²) < 4.78 is 5.70. The van der Waals surface area contributed by atoms with E-state index in [-0.39, 0.29) is 9.04 Å². The highest BCUT2D eigenvalue weighted by molar-refractivity contribution is 7.80. The molecule has 0 atom stereocenters. The summed E-state index contributed by atoms with van der Waals surface area (Å²) in [5.74, 6) is 1.04. The molecule has 0 aliphatic carbocycles. The quantitative estimate of drug-likeness (QED) is 0.406. The van der Waals surface area contributed by atoms with E-state index in [0.717, 1.165) is 12.4 Å². The Kier molecular flexibility index (Phi) is 5.32. The standard InChI is InChI=1S/C8H17OSSi/c10-6-2-4-8-11-7-3-1-5-9-11/h10H,1-8H2. The van der Waals surface area contributed by atoms with Gasteiger partial charge < -0.3 is 4.43 Å². The molecule has 0 bridgehead atoms. The van der Waals surface area contributed by atoms with Crippen molar-refractivity contribution in [3.8, 4) is 0 Å². The zero-order chi connectivity index (χ0) is 7.94. The molecule has 0 unspecified atom stereocenters. The van der Waals surface area contributed by atoms with Crippen molar-refractivity contribution in [2.24, 2.45) is 0 Å². The molecule has 1 fully saturated rings. The molecule has 3 heteroatoms. The number of hydrogen-bond acceptors (Lipinski definition) is 2. The summed E-state index contributed by atoms with van der Waals surface area (Å²) in [5, 5.41) is 0. The molecule has 0 amide bonds. The lowest BCUT2D eigenvalue weighted by molar-refractivity contribution is 0.286. The van der Waals surface area contributed by atoms with E-state index in [1.54, 1.807) is 0 Å². The highest BCUT2D eigenvalue weighted by atomic mass is 32.1. The Morgan fingerprint density at radius 3 is 2.82 bits per heavy atom. The molecule has 0 aromatic heterocycles. The fourth-order valence-corrected chi connectivity index (χ4v) is 3.83. The van der Waals surface area contributed by atoms with Crippen molar-refractivity contribution >= 4 is 21.7 Å². The Bertz CT molecular complexity index is 94.1. The van der Waals surface area contributed by atoms with Crippen LogP contribution in [0.25, 0.3) is 0 Å². The monoisotopic (exact) mass is 189 g/mol. The molecule has 1 aliphatic rings. The molecular weight excluding hydrogens is 172 g/mol. The van der Waals surface area contributed by atoms with Crippen molar-refractivity contribution in [3.63, 3.8) is 0 Å². The van der Waals surface area contributed by atoms with Gasteiger partial charge in [-0.1, -0.05) is 12.8 Å². The van der Waals surface area contributed by atoms with Crippen LogP contribution >= 0.6 is 12.6 Å². The van der Waals surface area contributed by atoms with E-state index >= 15 is 0 Å².